The van der Waals surface area contributed by atoms with Crippen LogP contribution in [0.5, 0.6) is 0 Å². The predicted octanol–water partition coefficient (Wildman–Crippen LogP) is -1.27. The number of amides is 4. The van der Waals surface area contributed by atoms with Crippen molar-refractivity contribution in [2.24, 2.45) is 5.16 Å². The summed E-state index contributed by atoms with van der Waals surface area (Å²) in [4.78, 5) is 59.6. The molecule has 1 saturated heterocycles. The van der Waals surface area contributed by atoms with Crippen LogP contribution in [0.4, 0.5) is 4.79 Å². The lowest BCUT2D eigenvalue weighted by Gasteiger charge is -2.31. The molecule has 1 aliphatic rings. The van der Waals surface area contributed by atoms with Crippen LogP contribution < -0.4 is 0 Å². The van der Waals surface area contributed by atoms with Gasteiger partial charge in [0.25, 0.3) is 11.8 Å². The molecule has 0 aliphatic carbocycles. The van der Waals surface area contributed by atoms with Gasteiger partial charge in [-0.3, -0.25) is 19.2 Å². The standard InChI is InChI=1S/C12H15N3O8/c1-3-22-7(16)5-14-10(18)9(13-21)11(19)15(12(14)20)6-8(17)23-4-2/h21H,3-6H2,1-2H3. The molecule has 11 nitrogen and oxygen atoms in total. The second-order valence-electron chi connectivity index (χ2n) is 4.12. The number of oxime groups is 1. The van der Waals surface area contributed by atoms with Gasteiger partial charge >= 0.3 is 18.0 Å². The maximum atomic E-state index is 12.1. The number of nitrogens with zero attached hydrogens (tertiary/aromatic N) is 3. The Balaban J connectivity index is 3.05. The molecule has 0 aromatic rings. The van der Waals surface area contributed by atoms with Gasteiger partial charge in [-0.1, -0.05) is 5.16 Å². The number of hydrogen-bond acceptors (Lipinski definition) is 9. The number of esters is 2. The highest BCUT2D eigenvalue weighted by molar-refractivity contribution is 6.68. The predicted molar refractivity (Wildman–Crippen MR) is 71.3 cm³/mol. The molecule has 0 spiro atoms. The van der Waals surface area contributed by atoms with Crippen molar-refractivity contribution < 1.29 is 38.7 Å². The van der Waals surface area contributed by atoms with Crippen LogP contribution in [0.2, 0.25) is 0 Å². The number of ether oxygens (including phenoxy) is 2. The first-order chi connectivity index (χ1) is 10.9. The summed E-state index contributed by atoms with van der Waals surface area (Å²) >= 11 is 0. The minimum Gasteiger partial charge on any atom is -0.465 e. The van der Waals surface area contributed by atoms with Crippen LogP contribution in [0.3, 0.4) is 0 Å². The second-order valence-corrected chi connectivity index (χ2v) is 4.12. The van der Waals surface area contributed by atoms with E-state index in [4.69, 9.17) is 5.21 Å². The van der Waals surface area contributed by atoms with Crippen molar-refractivity contribution in [2.75, 3.05) is 26.3 Å². The lowest BCUT2D eigenvalue weighted by Crippen LogP contribution is -2.62. The molecule has 1 rings (SSSR count). The number of rotatable bonds is 6. The Bertz CT molecular complexity index is 527. The Labute approximate surface area is 130 Å². The summed E-state index contributed by atoms with van der Waals surface area (Å²) in [5.74, 6) is -4.35. The summed E-state index contributed by atoms with van der Waals surface area (Å²) in [6.07, 6.45) is 0. The van der Waals surface area contributed by atoms with Gasteiger partial charge < -0.3 is 14.7 Å². The highest BCUT2D eigenvalue weighted by atomic mass is 16.5. The summed E-state index contributed by atoms with van der Waals surface area (Å²) in [6.45, 7) is 1.49. The van der Waals surface area contributed by atoms with Gasteiger partial charge in [0.2, 0.25) is 5.71 Å². The molecule has 1 heterocycles. The molecule has 0 radical (unpaired) electrons. The Morgan fingerprint density at radius 2 is 1.35 bits per heavy atom. The third kappa shape index (κ3) is 4.02. The van der Waals surface area contributed by atoms with Crippen molar-refractivity contribution >= 4 is 35.5 Å². The summed E-state index contributed by atoms with van der Waals surface area (Å²) in [7, 11) is 0. The van der Waals surface area contributed by atoms with E-state index in [0.717, 1.165) is 0 Å². The normalized spacial score (nSPS) is 14.9. The molecule has 0 atom stereocenters. The minimum atomic E-state index is -1.27. The maximum Gasteiger partial charge on any atom is 0.335 e. The molecule has 1 fully saturated rings. The highest BCUT2D eigenvalue weighted by Crippen LogP contribution is 2.11. The Kier molecular flexibility index (Phi) is 6.18. The number of carbonyl (C=O) groups excluding carboxylic acids is 5. The number of urea groups is 1. The first kappa shape index (κ1) is 18.1. The van der Waals surface area contributed by atoms with Crippen molar-refractivity contribution in [3.05, 3.63) is 0 Å². The summed E-state index contributed by atoms with van der Waals surface area (Å²) in [5, 5.41) is 11.3. The first-order valence-electron chi connectivity index (χ1n) is 6.58. The molecule has 0 saturated carbocycles. The molecule has 0 aromatic carbocycles. The number of imide groups is 2. The van der Waals surface area contributed by atoms with Crippen molar-refractivity contribution in [1.82, 2.24) is 9.80 Å². The van der Waals surface area contributed by atoms with Crippen LogP contribution in [0.25, 0.3) is 0 Å². The zero-order chi connectivity index (χ0) is 17.6. The fourth-order valence-electron chi connectivity index (χ4n) is 1.70. The van der Waals surface area contributed by atoms with Crippen LogP contribution in [-0.2, 0) is 28.7 Å². The van der Waals surface area contributed by atoms with Crippen molar-refractivity contribution in [3.63, 3.8) is 0 Å². The summed E-state index contributed by atoms with van der Waals surface area (Å²) in [5.41, 5.74) is -1.00. The molecule has 126 valence electrons. The average Bonchev–Trinajstić information content (AvgIpc) is 2.49. The van der Waals surface area contributed by atoms with Gasteiger partial charge in [-0.05, 0) is 13.8 Å². The largest absolute Gasteiger partial charge is 0.465 e. The van der Waals surface area contributed by atoms with Gasteiger partial charge in [0.05, 0.1) is 13.2 Å². The van der Waals surface area contributed by atoms with Crippen LogP contribution in [0.1, 0.15) is 13.8 Å². The zero-order valence-corrected chi connectivity index (χ0v) is 12.5. The SMILES string of the molecule is CCOC(=O)CN1C(=O)C(=NO)C(=O)N(CC(=O)OCC)C1=O. The lowest BCUT2D eigenvalue weighted by atomic mass is 10.2. The molecule has 0 unspecified atom stereocenters. The van der Waals surface area contributed by atoms with E-state index in [9.17, 15) is 24.0 Å². The van der Waals surface area contributed by atoms with Gasteiger partial charge in [0, 0.05) is 0 Å². The van der Waals surface area contributed by atoms with E-state index >= 15 is 0 Å². The van der Waals surface area contributed by atoms with Crippen LogP contribution in [0, 0.1) is 0 Å². The number of barbiturate groups is 1. The number of carbonyl (C=O) groups is 5. The molecule has 1 aliphatic heterocycles. The fourth-order valence-corrected chi connectivity index (χ4v) is 1.70. The van der Waals surface area contributed by atoms with Crippen molar-refractivity contribution in [3.8, 4) is 0 Å². The molecule has 11 heteroatoms. The van der Waals surface area contributed by atoms with Gasteiger partial charge in [-0.2, -0.15) is 0 Å². The van der Waals surface area contributed by atoms with Crippen LogP contribution in [0.15, 0.2) is 5.16 Å². The fraction of sp³-hybridized carbons (Fsp3) is 0.500. The molecule has 1 N–H and O–H groups in total. The van der Waals surface area contributed by atoms with Gasteiger partial charge in [-0.15, -0.1) is 0 Å². The minimum absolute atomic E-state index is 0.0153. The van der Waals surface area contributed by atoms with E-state index in [1.807, 2.05) is 0 Å². The summed E-state index contributed by atoms with van der Waals surface area (Å²) < 4.78 is 9.22. The van der Waals surface area contributed by atoms with E-state index in [-0.39, 0.29) is 13.2 Å². The van der Waals surface area contributed by atoms with E-state index < -0.39 is 48.6 Å². The lowest BCUT2D eigenvalue weighted by molar-refractivity contribution is -0.149. The highest BCUT2D eigenvalue weighted by Gasteiger charge is 2.45. The second kappa shape index (κ2) is 7.87. The van der Waals surface area contributed by atoms with E-state index in [0.29, 0.717) is 9.80 Å². The van der Waals surface area contributed by atoms with E-state index in [2.05, 4.69) is 14.6 Å². The third-order valence-corrected chi connectivity index (χ3v) is 2.64. The molecular weight excluding hydrogens is 314 g/mol. The van der Waals surface area contributed by atoms with Gasteiger partial charge in [0.15, 0.2) is 0 Å². The Morgan fingerprint density at radius 1 is 0.957 bits per heavy atom. The topological polar surface area (TPSA) is 143 Å². The van der Waals surface area contributed by atoms with Crippen molar-refractivity contribution in [2.45, 2.75) is 13.8 Å². The molecular formula is C12H15N3O8. The monoisotopic (exact) mass is 329 g/mol. The number of hydrogen-bond donors (Lipinski definition) is 1. The van der Waals surface area contributed by atoms with Crippen molar-refractivity contribution in [1.29, 1.82) is 0 Å². The van der Waals surface area contributed by atoms with Gasteiger partial charge in [0.1, 0.15) is 13.1 Å². The smallest absolute Gasteiger partial charge is 0.335 e. The quantitative estimate of drug-likeness (QED) is 0.361. The molecule has 0 aromatic heterocycles. The molecule has 23 heavy (non-hydrogen) atoms. The Hall–Kier alpha value is -2.98. The van der Waals surface area contributed by atoms with Crippen LogP contribution >= 0.6 is 0 Å². The van der Waals surface area contributed by atoms with E-state index in [1.165, 1.54) is 13.8 Å². The molecule has 4 amide bonds. The maximum absolute atomic E-state index is 12.1. The zero-order valence-electron chi connectivity index (χ0n) is 12.5. The molecule has 0 bridgehead atoms. The average molecular weight is 329 g/mol. The first-order valence-corrected chi connectivity index (χ1v) is 6.58. The third-order valence-electron chi connectivity index (χ3n) is 2.64. The van der Waals surface area contributed by atoms with Crippen LogP contribution in [-0.4, -0.2) is 76.8 Å². The summed E-state index contributed by atoms with van der Waals surface area (Å²) in [6, 6.07) is -1.21. The van der Waals surface area contributed by atoms with Gasteiger partial charge in [-0.25, -0.2) is 14.6 Å². The Morgan fingerprint density at radius 3 is 1.65 bits per heavy atom. The van der Waals surface area contributed by atoms with E-state index in [1.54, 1.807) is 0 Å².